The second kappa shape index (κ2) is 7.38. The summed E-state index contributed by atoms with van der Waals surface area (Å²) in [5, 5.41) is 6.85. The summed E-state index contributed by atoms with van der Waals surface area (Å²) in [6.45, 7) is 3.50. The Morgan fingerprint density at radius 1 is 1.14 bits per heavy atom. The molecule has 5 nitrogen and oxygen atoms in total. The Morgan fingerprint density at radius 2 is 1.89 bits per heavy atom. The number of methoxy groups -OCH3 is 1. The van der Waals surface area contributed by atoms with Gasteiger partial charge in [0.2, 0.25) is 0 Å². The molecule has 3 rings (SSSR count). The number of amides is 1. The second-order valence-corrected chi connectivity index (χ2v) is 6.26. The van der Waals surface area contributed by atoms with Gasteiger partial charge in [0.25, 0.3) is 5.91 Å². The molecular formula is C20H18F3N3O2. The number of carbonyl (C=O) groups excluding carboxylic acids is 1. The van der Waals surface area contributed by atoms with Crippen LogP contribution in [0.1, 0.15) is 27.2 Å². The van der Waals surface area contributed by atoms with Crippen LogP contribution in [-0.4, -0.2) is 22.8 Å². The van der Waals surface area contributed by atoms with Crippen molar-refractivity contribution in [3.63, 3.8) is 0 Å². The Balaban J connectivity index is 1.92. The van der Waals surface area contributed by atoms with Crippen LogP contribution in [0.4, 0.5) is 18.9 Å². The molecule has 2 aromatic carbocycles. The quantitative estimate of drug-likeness (QED) is 0.699. The number of halogens is 3. The van der Waals surface area contributed by atoms with Crippen LogP contribution in [-0.2, 0) is 6.18 Å². The van der Waals surface area contributed by atoms with Gasteiger partial charge in [-0.3, -0.25) is 4.79 Å². The summed E-state index contributed by atoms with van der Waals surface area (Å²) in [5.74, 6) is 0.0708. The van der Waals surface area contributed by atoms with Gasteiger partial charge in [-0.2, -0.15) is 18.3 Å². The van der Waals surface area contributed by atoms with Crippen molar-refractivity contribution >= 4 is 11.6 Å². The number of rotatable bonds is 4. The molecule has 1 heterocycles. The molecule has 28 heavy (non-hydrogen) atoms. The fourth-order valence-electron chi connectivity index (χ4n) is 2.82. The largest absolute Gasteiger partial charge is 0.495 e. The number of aromatic nitrogens is 2. The summed E-state index contributed by atoms with van der Waals surface area (Å²) in [4.78, 5) is 12.7. The van der Waals surface area contributed by atoms with Crippen LogP contribution in [0.5, 0.6) is 5.75 Å². The van der Waals surface area contributed by atoms with E-state index >= 15 is 0 Å². The first-order valence-electron chi connectivity index (χ1n) is 8.39. The minimum Gasteiger partial charge on any atom is -0.495 e. The SMILES string of the molecule is COc1ccc(C)cc1NC(=O)c1cnn(-c2cccc(C(F)(F)F)c2)c1C. The molecule has 8 heteroatoms. The van der Waals surface area contributed by atoms with Gasteiger partial charge in [0.15, 0.2) is 0 Å². The second-order valence-electron chi connectivity index (χ2n) is 6.26. The van der Waals surface area contributed by atoms with Crippen molar-refractivity contribution in [3.05, 3.63) is 71.0 Å². The zero-order chi connectivity index (χ0) is 20.5. The van der Waals surface area contributed by atoms with Gasteiger partial charge in [0, 0.05) is 0 Å². The molecule has 1 aromatic heterocycles. The summed E-state index contributed by atoms with van der Waals surface area (Å²) < 4.78 is 45.4. The van der Waals surface area contributed by atoms with Crippen molar-refractivity contribution in [1.29, 1.82) is 0 Å². The van der Waals surface area contributed by atoms with Crippen LogP contribution in [0.3, 0.4) is 0 Å². The fraction of sp³-hybridized carbons (Fsp3) is 0.200. The highest BCUT2D eigenvalue weighted by Crippen LogP contribution is 2.31. The number of anilines is 1. The number of carbonyl (C=O) groups is 1. The van der Waals surface area contributed by atoms with E-state index in [-0.39, 0.29) is 11.3 Å². The topological polar surface area (TPSA) is 56.1 Å². The monoisotopic (exact) mass is 389 g/mol. The Bertz CT molecular complexity index is 1030. The minimum atomic E-state index is -4.46. The van der Waals surface area contributed by atoms with Gasteiger partial charge in [-0.1, -0.05) is 12.1 Å². The van der Waals surface area contributed by atoms with Crippen LogP contribution in [0.15, 0.2) is 48.7 Å². The minimum absolute atomic E-state index is 0.222. The third kappa shape index (κ3) is 3.85. The van der Waals surface area contributed by atoms with E-state index in [2.05, 4.69) is 10.4 Å². The highest BCUT2D eigenvalue weighted by atomic mass is 19.4. The molecule has 0 bridgehead atoms. The van der Waals surface area contributed by atoms with Crippen molar-refractivity contribution in [1.82, 2.24) is 9.78 Å². The van der Waals surface area contributed by atoms with Crippen LogP contribution in [0.2, 0.25) is 0 Å². The van der Waals surface area contributed by atoms with Crippen molar-refractivity contribution in [2.24, 2.45) is 0 Å². The molecule has 0 saturated carbocycles. The summed E-state index contributed by atoms with van der Waals surface area (Å²) in [6.07, 6.45) is -3.13. The first-order valence-corrected chi connectivity index (χ1v) is 8.39. The maximum absolute atomic E-state index is 13.0. The van der Waals surface area contributed by atoms with Crippen LogP contribution < -0.4 is 10.1 Å². The number of nitrogens with zero attached hydrogens (tertiary/aromatic N) is 2. The van der Waals surface area contributed by atoms with Crippen molar-refractivity contribution in [3.8, 4) is 11.4 Å². The number of hydrogen-bond donors (Lipinski definition) is 1. The molecule has 0 spiro atoms. The lowest BCUT2D eigenvalue weighted by Crippen LogP contribution is -2.14. The lowest BCUT2D eigenvalue weighted by atomic mass is 10.1. The molecule has 0 aliphatic rings. The zero-order valence-electron chi connectivity index (χ0n) is 15.5. The summed E-state index contributed by atoms with van der Waals surface area (Å²) in [7, 11) is 1.50. The third-order valence-corrected chi connectivity index (χ3v) is 4.28. The number of benzene rings is 2. The Kier molecular flexibility index (Phi) is 5.13. The Morgan fingerprint density at radius 3 is 2.57 bits per heavy atom. The number of nitrogens with one attached hydrogen (secondary N) is 1. The Labute approximate surface area is 159 Å². The van der Waals surface area contributed by atoms with Gasteiger partial charge >= 0.3 is 6.18 Å². The van der Waals surface area contributed by atoms with Gasteiger partial charge in [-0.05, 0) is 49.7 Å². The summed E-state index contributed by atoms with van der Waals surface area (Å²) in [6, 6.07) is 10.1. The molecule has 0 saturated heterocycles. The van der Waals surface area contributed by atoms with Gasteiger partial charge < -0.3 is 10.1 Å². The maximum atomic E-state index is 13.0. The lowest BCUT2D eigenvalue weighted by Gasteiger charge is -2.12. The van der Waals surface area contributed by atoms with Crippen LogP contribution >= 0.6 is 0 Å². The Hall–Kier alpha value is -3.29. The van der Waals surface area contributed by atoms with Crippen molar-refractivity contribution in [2.75, 3.05) is 12.4 Å². The van der Waals surface area contributed by atoms with Gasteiger partial charge in [-0.15, -0.1) is 0 Å². The average Bonchev–Trinajstić information content (AvgIpc) is 3.03. The van der Waals surface area contributed by atoms with Gasteiger partial charge in [0.05, 0.1) is 41.5 Å². The molecule has 0 aliphatic carbocycles. The predicted molar refractivity (Wildman–Crippen MR) is 99.0 cm³/mol. The first kappa shape index (κ1) is 19.5. The summed E-state index contributed by atoms with van der Waals surface area (Å²) in [5.41, 5.74) is 1.55. The first-order chi connectivity index (χ1) is 13.2. The van der Waals surface area contributed by atoms with Crippen molar-refractivity contribution in [2.45, 2.75) is 20.0 Å². The van der Waals surface area contributed by atoms with E-state index < -0.39 is 17.6 Å². The van der Waals surface area contributed by atoms with E-state index in [9.17, 15) is 18.0 Å². The van der Waals surface area contributed by atoms with Gasteiger partial charge in [-0.25, -0.2) is 4.68 Å². The highest BCUT2D eigenvalue weighted by molar-refractivity contribution is 6.05. The molecular weight excluding hydrogens is 371 g/mol. The van der Waals surface area contributed by atoms with E-state index in [0.29, 0.717) is 17.1 Å². The molecule has 1 amide bonds. The van der Waals surface area contributed by atoms with E-state index in [1.165, 1.54) is 30.1 Å². The number of hydrogen-bond acceptors (Lipinski definition) is 3. The molecule has 0 fully saturated rings. The normalized spacial score (nSPS) is 11.4. The fourth-order valence-corrected chi connectivity index (χ4v) is 2.82. The number of alkyl halides is 3. The van der Waals surface area contributed by atoms with Crippen LogP contribution in [0.25, 0.3) is 5.69 Å². The third-order valence-electron chi connectivity index (χ3n) is 4.28. The van der Waals surface area contributed by atoms with E-state index in [0.717, 1.165) is 17.7 Å². The van der Waals surface area contributed by atoms with Gasteiger partial charge in [0.1, 0.15) is 5.75 Å². The van der Waals surface area contributed by atoms with E-state index in [1.54, 1.807) is 19.1 Å². The van der Waals surface area contributed by atoms with Crippen LogP contribution in [0, 0.1) is 13.8 Å². The smallest absolute Gasteiger partial charge is 0.416 e. The number of aryl methyl sites for hydroxylation is 1. The molecule has 0 aliphatic heterocycles. The number of ether oxygens (including phenoxy) is 1. The highest BCUT2D eigenvalue weighted by Gasteiger charge is 2.30. The maximum Gasteiger partial charge on any atom is 0.416 e. The standard InChI is InChI=1S/C20H18F3N3O2/c1-12-7-8-18(28-3)17(9-12)25-19(27)16-11-24-26(13(16)2)15-6-4-5-14(10-15)20(21,22)23/h4-11H,1-3H3,(H,25,27). The molecule has 3 aromatic rings. The summed E-state index contributed by atoms with van der Waals surface area (Å²) >= 11 is 0. The van der Waals surface area contributed by atoms with E-state index in [4.69, 9.17) is 4.74 Å². The van der Waals surface area contributed by atoms with Crippen molar-refractivity contribution < 1.29 is 22.7 Å². The average molecular weight is 389 g/mol. The molecule has 0 atom stereocenters. The molecule has 0 radical (unpaired) electrons. The van der Waals surface area contributed by atoms with E-state index in [1.807, 2.05) is 13.0 Å². The lowest BCUT2D eigenvalue weighted by molar-refractivity contribution is -0.137. The zero-order valence-corrected chi connectivity index (χ0v) is 15.5. The molecule has 1 N–H and O–H groups in total. The predicted octanol–water partition coefficient (Wildman–Crippen LogP) is 4.77. The molecule has 146 valence electrons. The molecule has 0 unspecified atom stereocenters.